The zero-order chi connectivity index (χ0) is 13.4. The molecule has 0 bridgehead atoms. The minimum Gasteiger partial charge on any atom is -0.294 e. The Bertz CT molecular complexity index is 631. The van der Waals surface area contributed by atoms with E-state index < -0.39 is 0 Å². The SMILES string of the molecule is O=C(CC1Cc2ccccc21)c1cc(Cl)cc(Br)c1. The van der Waals surface area contributed by atoms with Crippen LogP contribution < -0.4 is 0 Å². The molecule has 0 saturated heterocycles. The Morgan fingerprint density at radius 1 is 1.26 bits per heavy atom. The third-order valence-electron chi connectivity index (χ3n) is 3.58. The van der Waals surface area contributed by atoms with Crippen LogP contribution in [0.3, 0.4) is 0 Å². The van der Waals surface area contributed by atoms with Gasteiger partial charge in [-0.2, -0.15) is 0 Å². The molecule has 1 atom stereocenters. The topological polar surface area (TPSA) is 17.1 Å². The lowest BCUT2D eigenvalue weighted by Gasteiger charge is -2.29. The molecule has 1 aliphatic rings. The third-order valence-corrected chi connectivity index (χ3v) is 4.25. The molecule has 0 radical (unpaired) electrons. The zero-order valence-electron chi connectivity index (χ0n) is 10.2. The fourth-order valence-electron chi connectivity index (χ4n) is 2.60. The zero-order valence-corrected chi connectivity index (χ0v) is 12.5. The highest BCUT2D eigenvalue weighted by molar-refractivity contribution is 9.10. The van der Waals surface area contributed by atoms with Crippen LogP contribution in [0.15, 0.2) is 46.9 Å². The molecule has 0 heterocycles. The van der Waals surface area contributed by atoms with Gasteiger partial charge in [-0.05, 0) is 41.7 Å². The minimum absolute atomic E-state index is 0.155. The molecule has 3 heteroatoms. The second-order valence-corrected chi connectivity index (χ2v) is 6.24. The maximum Gasteiger partial charge on any atom is 0.163 e. The van der Waals surface area contributed by atoms with Gasteiger partial charge in [0.05, 0.1) is 0 Å². The summed E-state index contributed by atoms with van der Waals surface area (Å²) in [5.41, 5.74) is 3.37. The Morgan fingerprint density at radius 3 is 2.79 bits per heavy atom. The van der Waals surface area contributed by atoms with Crippen LogP contribution in [0.1, 0.15) is 33.8 Å². The summed E-state index contributed by atoms with van der Waals surface area (Å²) in [6.07, 6.45) is 1.56. The van der Waals surface area contributed by atoms with Crippen LogP contribution in [0.4, 0.5) is 0 Å². The molecule has 1 nitrogen and oxygen atoms in total. The van der Waals surface area contributed by atoms with Crippen molar-refractivity contribution in [1.82, 2.24) is 0 Å². The van der Waals surface area contributed by atoms with Crippen LogP contribution in [-0.4, -0.2) is 5.78 Å². The number of ketones is 1. The number of fused-ring (bicyclic) bond motifs is 1. The molecule has 0 aliphatic heterocycles. The molecule has 19 heavy (non-hydrogen) atoms. The number of rotatable bonds is 3. The van der Waals surface area contributed by atoms with Crippen molar-refractivity contribution >= 4 is 33.3 Å². The first-order valence-corrected chi connectivity index (χ1v) is 7.37. The molecule has 0 amide bonds. The molecule has 1 unspecified atom stereocenters. The number of hydrogen-bond donors (Lipinski definition) is 0. The van der Waals surface area contributed by atoms with Gasteiger partial charge in [0.2, 0.25) is 0 Å². The smallest absolute Gasteiger partial charge is 0.163 e. The summed E-state index contributed by atoms with van der Waals surface area (Å²) >= 11 is 9.35. The van der Waals surface area contributed by atoms with Crippen LogP contribution >= 0.6 is 27.5 Å². The molecule has 2 aromatic carbocycles. The van der Waals surface area contributed by atoms with E-state index in [9.17, 15) is 4.79 Å². The number of hydrogen-bond acceptors (Lipinski definition) is 1. The predicted molar refractivity (Wildman–Crippen MR) is 81.0 cm³/mol. The normalized spacial score (nSPS) is 16.6. The van der Waals surface area contributed by atoms with Gasteiger partial charge in [0.1, 0.15) is 0 Å². The maximum absolute atomic E-state index is 12.3. The Kier molecular flexibility index (Phi) is 3.46. The van der Waals surface area contributed by atoms with E-state index in [1.807, 2.05) is 18.2 Å². The van der Waals surface area contributed by atoms with Gasteiger partial charge < -0.3 is 0 Å². The van der Waals surface area contributed by atoms with E-state index in [1.54, 1.807) is 12.1 Å². The van der Waals surface area contributed by atoms with Gasteiger partial charge in [-0.25, -0.2) is 0 Å². The van der Waals surface area contributed by atoms with E-state index in [4.69, 9.17) is 11.6 Å². The van der Waals surface area contributed by atoms with Gasteiger partial charge in [0, 0.05) is 21.5 Å². The number of carbonyl (C=O) groups excluding carboxylic acids is 1. The summed E-state index contributed by atoms with van der Waals surface area (Å²) in [6.45, 7) is 0. The number of benzene rings is 2. The van der Waals surface area contributed by atoms with Crippen molar-refractivity contribution in [2.45, 2.75) is 18.8 Å². The monoisotopic (exact) mass is 334 g/mol. The van der Waals surface area contributed by atoms with E-state index >= 15 is 0 Å². The molecule has 0 saturated carbocycles. The molecule has 3 rings (SSSR count). The number of halogens is 2. The van der Waals surface area contributed by atoms with E-state index in [1.165, 1.54) is 11.1 Å². The van der Waals surface area contributed by atoms with Gasteiger partial charge in [-0.3, -0.25) is 4.79 Å². The fourth-order valence-corrected chi connectivity index (χ4v) is 3.46. The highest BCUT2D eigenvalue weighted by Crippen LogP contribution is 2.38. The van der Waals surface area contributed by atoms with E-state index in [2.05, 4.69) is 28.1 Å². The molecular formula is C16H12BrClO. The Labute approximate surface area is 125 Å². The Morgan fingerprint density at radius 2 is 2.05 bits per heavy atom. The summed E-state index contributed by atoms with van der Waals surface area (Å²) in [5, 5.41) is 0.590. The van der Waals surface area contributed by atoms with Crippen LogP contribution in [0.25, 0.3) is 0 Å². The summed E-state index contributed by atoms with van der Waals surface area (Å²) in [5.74, 6) is 0.518. The van der Waals surface area contributed by atoms with Crippen LogP contribution in [0, 0.1) is 0 Å². The van der Waals surface area contributed by atoms with Crippen molar-refractivity contribution in [3.05, 3.63) is 68.7 Å². The van der Waals surface area contributed by atoms with Crippen LogP contribution in [0.2, 0.25) is 5.02 Å². The average molecular weight is 336 g/mol. The molecule has 1 aliphatic carbocycles. The minimum atomic E-state index is 0.155. The summed E-state index contributed by atoms with van der Waals surface area (Å²) in [4.78, 5) is 12.3. The molecular weight excluding hydrogens is 324 g/mol. The van der Waals surface area contributed by atoms with Crippen LogP contribution in [0.5, 0.6) is 0 Å². The van der Waals surface area contributed by atoms with Crippen molar-refractivity contribution in [1.29, 1.82) is 0 Å². The predicted octanol–water partition coefficient (Wildman–Crippen LogP) is 5.02. The Hall–Kier alpha value is -1.12. The van der Waals surface area contributed by atoms with E-state index in [0.29, 0.717) is 22.9 Å². The molecule has 0 aromatic heterocycles. The van der Waals surface area contributed by atoms with Crippen molar-refractivity contribution in [2.24, 2.45) is 0 Å². The highest BCUT2D eigenvalue weighted by Gasteiger charge is 2.27. The first-order chi connectivity index (χ1) is 9.13. The van der Waals surface area contributed by atoms with Crippen LogP contribution in [-0.2, 0) is 6.42 Å². The second kappa shape index (κ2) is 5.10. The molecule has 0 fully saturated rings. The highest BCUT2D eigenvalue weighted by atomic mass is 79.9. The van der Waals surface area contributed by atoms with E-state index in [-0.39, 0.29) is 5.78 Å². The molecule has 0 spiro atoms. The maximum atomic E-state index is 12.3. The first-order valence-electron chi connectivity index (χ1n) is 6.20. The van der Waals surface area contributed by atoms with Crippen molar-refractivity contribution in [3.63, 3.8) is 0 Å². The second-order valence-electron chi connectivity index (χ2n) is 4.89. The largest absolute Gasteiger partial charge is 0.294 e. The number of carbonyl (C=O) groups is 1. The lowest BCUT2D eigenvalue weighted by Crippen LogP contribution is -2.20. The quantitative estimate of drug-likeness (QED) is 0.720. The first kappa shape index (κ1) is 12.9. The van der Waals surface area contributed by atoms with Gasteiger partial charge in [-0.15, -0.1) is 0 Å². The average Bonchev–Trinajstić information content (AvgIpc) is 2.34. The van der Waals surface area contributed by atoms with Gasteiger partial charge in [0.25, 0.3) is 0 Å². The number of Topliss-reactive ketones (excluding diaryl/α,β-unsaturated/α-hetero) is 1. The summed E-state index contributed by atoms with van der Waals surface area (Å²) < 4.78 is 0.845. The Balaban J connectivity index is 1.77. The third kappa shape index (κ3) is 2.60. The van der Waals surface area contributed by atoms with Gasteiger partial charge in [-0.1, -0.05) is 51.8 Å². The summed E-state index contributed by atoms with van der Waals surface area (Å²) in [6, 6.07) is 13.7. The summed E-state index contributed by atoms with van der Waals surface area (Å²) in [7, 11) is 0. The lowest BCUT2D eigenvalue weighted by atomic mass is 9.74. The van der Waals surface area contributed by atoms with Crippen molar-refractivity contribution in [2.75, 3.05) is 0 Å². The van der Waals surface area contributed by atoms with E-state index in [0.717, 1.165) is 10.9 Å². The van der Waals surface area contributed by atoms with Gasteiger partial charge >= 0.3 is 0 Å². The lowest BCUT2D eigenvalue weighted by molar-refractivity contribution is 0.0970. The molecule has 0 N–H and O–H groups in total. The van der Waals surface area contributed by atoms with Gasteiger partial charge in [0.15, 0.2) is 5.78 Å². The van der Waals surface area contributed by atoms with Crippen molar-refractivity contribution < 1.29 is 4.79 Å². The molecule has 2 aromatic rings. The fraction of sp³-hybridized carbons (Fsp3) is 0.188. The van der Waals surface area contributed by atoms with Crippen molar-refractivity contribution in [3.8, 4) is 0 Å². The standard InChI is InChI=1S/C16H12BrClO/c17-13-6-12(7-14(18)9-13)16(19)8-11-5-10-3-1-2-4-15(10)11/h1-4,6-7,9,11H,5,8H2. The molecule has 96 valence electrons.